The van der Waals surface area contributed by atoms with Gasteiger partial charge in [-0.15, -0.1) is 0 Å². The molecule has 1 aliphatic heterocycles. The SMILES string of the molecule is O=C(NCCCS(=O)(=O)O)NCCOC1O[C@H](CO)[C@@H](O)[C@H](O)[C@H]1O. The van der Waals surface area contributed by atoms with Crippen LogP contribution in [0.25, 0.3) is 0 Å². The average molecular weight is 388 g/mol. The first-order valence-corrected chi connectivity index (χ1v) is 9.15. The van der Waals surface area contributed by atoms with Gasteiger partial charge in [0.25, 0.3) is 10.1 Å². The minimum absolute atomic E-state index is 0.0130. The fourth-order valence-corrected chi connectivity index (χ4v) is 2.57. The molecule has 5 atom stereocenters. The van der Waals surface area contributed by atoms with E-state index < -0.39 is 59.2 Å². The van der Waals surface area contributed by atoms with Crippen LogP contribution >= 0.6 is 0 Å². The molecule has 0 aromatic carbocycles. The van der Waals surface area contributed by atoms with E-state index in [1.54, 1.807) is 0 Å². The molecule has 7 N–H and O–H groups in total. The van der Waals surface area contributed by atoms with Gasteiger partial charge in [0.15, 0.2) is 6.29 Å². The molecule has 1 aliphatic rings. The van der Waals surface area contributed by atoms with E-state index in [1.807, 2.05) is 0 Å². The predicted octanol–water partition coefficient (Wildman–Crippen LogP) is -3.62. The van der Waals surface area contributed by atoms with E-state index in [4.69, 9.17) is 19.1 Å². The van der Waals surface area contributed by atoms with Gasteiger partial charge in [0.2, 0.25) is 0 Å². The zero-order valence-electron chi connectivity index (χ0n) is 13.3. The molecule has 0 spiro atoms. The molecule has 0 aromatic rings. The van der Waals surface area contributed by atoms with E-state index >= 15 is 0 Å². The van der Waals surface area contributed by atoms with Gasteiger partial charge in [-0.05, 0) is 6.42 Å². The van der Waals surface area contributed by atoms with Crippen LogP contribution in [0.2, 0.25) is 0 Å². The monoisotopic (exact) mass is 388 g/mol. The number of rotatable bonds is 9. The van der Waals surface area contributed by atoms with Crippen molar-refractivity contribution in [3.8, 4) is 0 Å². The van der Waals surface area contributed by atoms with Gasteiger partial charge >= 0.3 is 6.03 Å². The van der Waals surface area contributed by atoms with Gasteiger partial charge in [-0.25, -0.2) is 4.79 Å². The maximum atomic E-state index is 11.4. The van der Waals surface area contributed by atoms with Crippen molar-refractivity contribution in [2.75, 3.05) is 32.1 Å². The van der Waals surface area contributed by atoms with E-state index in [2.05, 4.69) is 10.6 Å². The summed E-state index contributed by atoms with van der Waals surface area (Å²) in [5.41, 5.74) is 0. The molecule has 2 amide bonds. The third kappa shape index (κ3) is 7.79. The summed E-state index contributed by atoms with van der Waals surface area (Å²) in [6.45, 7) is -0.617. The Hall–Kier alpha value is -1.06. The Balaban J connectivity index is 2.20. The summed E-state index contributed by atoms with van der Waals surface area (Å²) < 4.78 is 39.7. The molecule has 0 aliphatic carbocycles. The minimum atomic E-state index is -4.06. The Morgan fingerprint density at radius 1 is 1.08 bits per heavy atom. The summed E-state index contributed by atoms with van der Waals surface area (Å²) in [4.78, 5) is 11.4. The van der Waals surface area contributed by atoms with Crippen molar-refractivity contribution in [1.82, 2.24) is 10.6 Å². The molecule has 13 heteroatoms. The van der Waals surface area contributed by atoms with Crippen molar-refractivity contribution < 1.29 is 47.7 Å². The van der Waals surface area contributed by atoms with Gasteiger partial charge in [-0.2, -0.15) is 8.42 Å². The van der Waals surface area contributed by atoms with Crippen LogP contribution in [0.5, 0.6) is 0 Å². The molecule has 1 saturated heterocycles. The Morgan fingerprint density at radius 3 is 2.32 bits per heavy atom. The average Bonchev–Trinajstić information content (AvgIpc) is 2.54. The lowest BCUT2D eigenvalue weighted by molar-refractivity contribution is -0.300. The van der Waals surface area contributed by atoms with Crippen LogP contribution in [0.15, 0.2) is 0 Å². The first kappa shape index (κ1) is 22.0. The Kier molecular flexibility index (Phi) is 8.95. The molecule has 148 valence electrons. The second kappa shape index (κ2) is 10.2. The summed E-state index contributed by atoms with van der Waals surface area (Å²) >= 11 is 0. The quantitative estimate of drug-likeness (QED) is 0.153. The number of aliphatic hydroxyl groups excluding tert-OH is 4. The van der Waals surface area contributed by atoms with E-state index in [0.29, 0.717) is 0 Å². The molecule has 0 saturated carbocycles. The number of carbonyl (C=O) groups excluding carboxylic acids is 1. The highest BCUT2D eigenvalue weighted by molar-refractivity contribution is 7.85. The molecule has 0 bridgehead atoms. The first-order chi connectivity index (χ1) is 11.7. The predicted molar refractivity (Wildman–Crippen MR) is 82.2 cm³/mol. The molecule has 0 aromatic heterocycles. The van der Waals surface area contributed by atoms with Crippen LogP contribution in [-0.4, -0.2) is 102 Å². The number of hydrogen-bond acceptors (Lipinski definition) is 9. The van der Waals surface area contributed by atoms with Gasteiger partial charge in [0.05, 0.1) is 19.0 Å². The molecule has 1 heterocycles. The van der Waals surface area contributed by atoms with Crippen molar-refractivity contribution in [2.45, 2.75) is 37.1 Å². The third-order valence-corrected chi connectivity index (χ3v) is 4.19. The third-order valence-electron chi connectivity index (χ3n) is 3.38. The lowest BCUT2D eigenvalue weighted by Crippen LogP contribution is -2.59. The smallest absolute Gasteiger partial charge is 0.314 e. The number of amides is 2. The Labute approximate surface area is 144 Å². The molecule has 12 nitrogen and oxygen atoms in total. The van der Waals surface area contributed by atoms with E-state index in [0.717, 1.165) is 0 Å². The molecule has 0 radical (unpaired) electrons. The van der Waals surface area contributed by atoms with Gasteiger partial charge in [-0.3, -0.25) is 4.55 Å². The highest BCUT2D eigenvalue weighted by Crippen LogP contribution is 2.21. The van der Waals surface area contributed by atoms with Crippen LogP contribution in [0.1, 0.15) is 6.42 Å². The van der Waals surface area contributed by atoms with Gasteiger partial charge in [0.1, 0.15) is 24.4 Å². The Morgan fingerprint density at radius 2 is 1.72 bits per heavy atom. The standard InChI is InChI=1S/C12H24N2O10S/c15-6-7-8(16)9(17)10(18)11(24-7)23-4-3-14-12(19)13-2-1-5-25(20,21)22/h7-11,15-18H,1-6H2,(H2,13,14,19)(H,20,21,22)/t7-,8-,9+,10-,11?/m1/s1. The number of aliphatic hydroxyl groups is 4. The van der Waals surface area contributed by atoms with Crippen LogP contribution in [0.3, 0.4) is 0 Å². The second-order valence-corrected chi connectivity index (χ2v) is 6.96. The number of urea groups is 1. The number of carbonyl (C=O) groups is 1. The van der Waals surface area contributed by atoms with Gasteiger partial charge in [0, 0.05) is 13.1 Å². The van der Waals surface area contributed by atoms with Crippen molar-refractivity contribution in [3.05, 3.63) is 0 Å². The van der Waals surface area contributed by atoms with Crippen LogP contribution in [0.4, 0.5) is 4.79 Å². The van der Waals surface area contributed by atoms with E-state index in [1.165, 1.54) is 0 Å². The summed E-state index contributed by atoms with van der Waals surface area (Å²) in [6.07, 6.45) is -6.86. The minimum Gasteiger partial charge on any atom is -0.394 e. The number of hydrogen-bond donors (Lipinski definition) is 7. The topological polar surface area (TPSA) is 195 Å². The first-order valence-electron chi connectivity index (χ1n) is 7.54. The summed E-state index contributed by atoms with van der Waals surface area (Å²) in [5, 5.41) is 42.7. The maximum Gasteiger partial charge on any atom is 0.314 e. The molecule has 1 rings (SSSR count). The normalized spacial score (nSPS) is 30.0. The zero-order valence-corrected chi connectivity index (χ0v) is 14.1. The molecule has 25 heavy (non-hydrogen) atoms. The van der Waals surface area contributed by atoms with E-state index in [9.17, 15) is 28.5 Å². The summed E-state index contributed by atoms with van der Waals surface area (Å²) in [6, 6.07) is -0.590. The Bertz CT molecular complexity index is 514. The highest BCUT2D eigenvalue weighted by Gasteiger charge is 2.43. The van der Waals surface area contributed by atoms with Crippen molar-refractivity contribution in [1.29, 1.82) is 0 Å². The van der Waals surface area contributed by atoms with Crippen LogP contribution < -0.4 is 10.6 Å². The number of ether oxygens (including phenoxy) is 2. The zero-order chi connectivity index (χ0) is 19.0. The lowest BCUT2D eigenvalue weighted by Gasteiger charge is -2.39. The largest absolute Gasteiger partial charge is 0.394 e. The summed E-state index contributed by atoms with van der Waals surface area (Å²) in [5.74, 6) is -0.465. The highest BCUT2D eigenvalue weighted by atomic mass is 32.2. The number of nitrogens with one attached hydrogen (secondary N) is 2. The fourth-order valence-electron chi connectivity index (χ4n) is 2.06. The molecule has 1 unspecified atom stereocenters. The van der Waals surface area contributed by atoms with Crippen molar-refractivity contribution in [3.63, 3.8) is 0 Å². The second-order valence-electron chi connectivity index (χ2n) is 5.39. The van der Waals surface area contributed by atoms with Crippen LogP contribution in [-0.2, 0) is 19.6 Å². The summed E-state index contributed by atoms with van der Waals surface area (Å²) in [7, 11) is -4.06. The maximum absolute atomic E-state index is 11.4. The fraction of sp³-hybridized carbons (Fsp3) is 0.917. The van der Waals surface area contributed by atoms with Gasteiger partial charge in [-0.1, -0.05) is 0 Å². The van der Waals surface area contributed by atoms with E-state index in [-0.39, 0.29) is 26.1 Å². The molecular weight excluding hydrogens is 364 g/mol. The molecule has 1 fully saturated rings. The molecular formula is C12H24N2O10S. The lowest BCUT2D eigenvalue weighted by atomic mass is 9.99. The van der Waals surface area contributed by atoms with Crippen LogP contribution in [0, 0.1) is 0 Å². The van der Waals surface area contributed by atoms with Crippen molar-refractivity contribution in [2.24, 2.45) is 0 Å². The van der Waals surface area contributed by atoms with Crippen molar-refractivity contribution >= 4 is 16.1 Å². The van der Waals surface area contributed by atoms with Gasteiger partial charge < -0.3 is 40.5 Å².